The molecule has 102 valence electrons. The zero-order valence-electron chi connectivity index (χ0n) is 10.8. The van der Waals surface area contributed by atoms with Gasteiger partial charge in [0.1, 0.15) is 17.6 Å². The Hall–Kier alpha value is -1.88. The minimum atomic E-state index is -0.973. The molecule has 4 nitrogen and oxygen atoms in total. The van der Waals surface area contributed by atoms with E-state index in [0.717, 1.165) is 22.6 Å². The van der Waals surface area contributed by atoms with Crippen LogP contribution in [0.5, 0.6) is 11.5 Å². The molecule has 4 heteroatoms. The molecule has 1 atom stereocenters. The second-order valence-electron chi connectivity index (χ2n) is 4.94. The summed E-state index contributed by atoms with van der Waals surface area (Å²) in [7, 11) is 0. The molecule has 2 aromatic carbocycles. The van der Waals surface area contributed by atoms with Crippen molar-refractivity contribution in [1.29, 1.82) is 0 Å². The first-order valence-corrected chi connectivity index (χ1v) is 6.63. The van der Waals surface area contributed by atoms with Gasteiger partial charge in [0.05, 0.1) is 24.3 Å². The zero-order chi connectivity index (χ0) is 13.6. The smallest absolute Gasteiger partial charge is 0.230 e. The molecule has 4 rings (SSSR count). The van der Waals surface area contributed by atoms with Gasteiger partial charge in [-0.25, -0.2) is 0 Å². The Morgan fingerprint density at radius 1 is 1.00 bits per heavy atom. The van der Waals surface area contributed by atoms with Crippen molar-refractivity contribution in [1.82, 2.24) is 0 Å². The standard InChI is InChI=1S/C16H14O4/c17-9-11-10-18-16(20-11)12-5-1-3-7-14(12)19-15-8-4-2-6-13(15)16/h1-8,11,17H,9-10H2. The number of hydrogen-bond donors (Lipinski definition) is 1. The number of fused-ring (bicyclic) bond motifs is 4. The van der Waals surface area contributed by atoms with E-state index in [-0.39, 0.29) is 12.7 Å². The van der Waals surface area contributed by atoms with Crippen LogP contribution >= 0.6 is 0 Å². The highest BCUT2D eigenvalue weighted by atomic mass is 16.8. The molecular weight excluding hydrogens is 256 g/mol. The van der Waals surface area contributed by atoms with Gasteiger partial charge in [-0.1, -0.05) is 24.3 Å². The first kappa shape index (κ1) is 11.9. The van der Waals surface area contributed by atoms with Crippen LogP contribution in [0.4, 0.5) is 0 Å². The van der Waals surface area contributed by atoms with Crippen LogP contribution in [0.3, 0.4) is 0 Å². The van der Waals surface area contributed by atoms with E-state index in [2.05, 4.69) is 0 Å². The summed E-state index contributed by atoms with van der Waals surface area (Å²) >= 11 is 0. The van der Waals surface area contributed by atoms with E-state index in [1.54, 1.807) is 0 Å². The maximum atomic E-state index is 9.34. The summed E-state index contributed by atoms with van der Waals surface area (Å²) in [4.78, 5) is 0. The minimum absolute atomic E-state index is 0.0626. The number of hydrogen-bond acceptors (Lipinski definition) is 4. The SMILES string of the molecule is OCC1COC2(O1)c1ccccc1Oc1ccccc12. The molecule has 0 bridgehead atoms. The van der Waals surface area contributed by atoms with E-state index in [1.165, 1.54) is 0 Å². The number of aliphatic hydroxyl groups is 1. The minimum Gasteiger partial charge on any atom is -0.456 e. The molecule has 1 unspecified atom stereocenters. The Labute approximate surface area is 116 Å². The monoisotopic (exact) mass is 270 g/mol. The van der Waals surface area contributed by atoms with E-state index in [0.29, 0.717) is 6.61 Å². The van der Waals surface area contributed by atoms with E-state index in [9.17, 15) is 5.11 Å². The van der Waals surface area contributed by atoms with Crippen LogP contribution in [0.2, 0.25) is 0 Å². The fraction of sp³-hybridized carbons (Fsp3) is 0.250. The third-order valence-corrected chi connectivity index (χ3v) is 3.71. The lowest BCUT2D eigenvalue weighted by molar-refractivity contribution is -0.151. The van der Waals surface area contributed by atoms with Crippen molar-refractivity contribution < 1.29 is 19.3 Å². The third kappa shape index (κ3) is 1.53. The van der Waals surface area contributed by atoms with Crippen LogP contribution in [0.25, 0.3) is 0 Å². The van der Waals surface area contributed by atoms with E-state index >= 15 is 0 Å². The molecule has 2 aliphatic rings. The fourth-order valence-electron chi connectivity index (χ4n) is 2.80. The van der Waals surface area contributed by atoms with E-state index in [1.807, 2.05) is 48.5 Å². The molecule has 0 radical (unpaired) electrons. The van der Waals surface area contributed by atoms with Crippen LogP contribution < -0.4 is 4.74 Å². The summed E-state index contributed by atoms with van der Waals surface area (Å²) in [6.07, 6.45) is -0.325. The average molecular weight is 270 g/mol. The molecule has 0 saturated carbocycles. The van der Waals surface area contributed by atoms with Gasteiger partial charge in [-0.2, -0.15) is 0 Å². The summed E-state index contributed by atoms with van der Waals surface area (Å²) in [5, 5.41) is 9.34. The summed E-state index contributed by atoms with van der Waals surface area (Å²) < 4.78 is 17.9. The number of rotatable bonds is 1. The number of benzene rings is 2. The van der Waals surface area contributed by atoms with Crippen LogP contribution in [0.15, 0.2) is 48.5 Å². The lowest BCUT2D eigenvalue weighted by Crippen LogP contribution is -2.33. The Kier molecular flexibility index (Phi) is 2.57. The number of aliphatic hydroxyl groups excluding tert-OH is 1. The lowest BCUT2D eigenvalue weighted by Gasteiger charge is -2.35. The van der Waals surface area contributed by atoms with Crippen molar-refractivity contribution in [2.45, 2.75) is 11.9 Å². The van der Waals surface area contributed by atoms with Crippen LogP contribution in [-0.2, 0) is 15.3 Å². The van der Waals surface area contributed by atoms with Crippen molar-refractivity contribution in [3.8, 4) is 11.5 Å². The van der Waals surface area contributed by atoms with E-state index in [4.69, 9.17) is 14.2 Å². The Balaban J connectivity index is 1.93. The van der Waals surface area contributed by atoms with Gasteiger partial charge >= 0.3 is 0 Å². The molecule has 1 N–H and O–H groups in total. The number of ether oxygens (including phenoxy) is 3. The van der Waals surface area contributed by atoms with E-state index < -0.39 is 5.79 Å². The molecule has 0 aromatic heterocycles. The first-order valence-electron chi connectivity index (χ1n) is 6.63. The fourth-order valence-corrected chi connectivity index (χ4v) is 2.80. The molecule has 1 spiro atoms. The van der Waals surface area contributed by atoms with Crippen molar-refractivity contribution >= 4 is 0 Å². The van der Waals surface area contributed by atoms with Gasteiger partial charge in [-0.05, 0) is 24.3 Å². The number of para-hydroxylation sites is 2. The van der Waals surface area contributed by atoms with Gasteiger partial charge < -0.3 is 19.3 Å². The molecule has 2 aliphatic heterocycles. The van der Waals surface area contributed by atoms with Crippen molar-refractivity contribution in [2.24, 2.45) is 0 Å². The van der Waals surface area contributed by atoms with Crippen LogP contribution in [0.1, 0.15) is 11.1 Å². The average Bonchev–Trinajstić information content (AvgIpc) is 2.93. The molecule has 1 saturated heterocycles. The molecule has 20 heavy (non-hydrogen) atoms. The first-order chi connectivity index (χ1) is 9.83. The van der Waals surface area contributed by atoms with Crippen molar-refractivity contribution in [2.75, 3.05) is 13.2 Å². The quantitative estimate of drug-likeness (QED) is 0.864. The predicted molar refractivity (Wildman–Crippen MR) is 71.6 cm³/mol. The molecule has 2 heterocycles. The Bertz CT molecular complexity index is 607. The highest BCUT2D eigenvalue weighted by Crippen LogP contribution is 2.51. The highest BCUT2D eigenvalue weighted by Gasteiger charge is 2.50. The van der Waals surface area contributed by atoms with Crippen molar-refractivity contribution in [3.05, 3.63) is 59.7 Å². The molecular formula is C16H14O4. The Morgan fingerprint density at radius 3 is 2.15 bits per heavy atom. The van der Waals surface area contributed by atoms with Gasteiger partial charge in [-0.15, -0.1) is 0 Å². The maximum absolute atomic E-state index is 9.34. The second-order valence-corrected chi connectivity index (χ2v) is 4.94. The van der Waals surface area contributed by atoms with Crippen LogP contribution in [0, 0.1) is 0 Å². The van der Waals surface area contributed by atoms with Gasteiger partial charge in [0.25, 0.3) is 0 Å². The molecule has 2 aromatic rings. The largest absolute Gasteiger partial charge is 0.456 e. The summed E-state index contributed by atoms with van der Waals surface area (Å²) in [5.41, 5.74) is 1.68. The molecule has 0 aliphatic carbocycles. The maximum Gasteiger partial charge on any atom is 0.230 e. The van der Waals surface area contributed by atoms with Gasteiger partial charge in [0, 0.05) is 0 Å². The summed E-state index contributed by atoms with van der Waals surface area (Å²) in [6, 6.07) is 15.3. The summed E-state index contributed by atoms with van der Waals surface area (Å²) in [5.74, 6) is 0.480. The van der Waals surface area contributed by atoms with Gasteiger partial charge in [0.15, 0.2) is 0 Å². The Morgan fingerprint density at radius 2 is 1.60 bits per heavy atom. The van der Waals surface area contributed by atoms with Crippen molar-refractivity contribution in [3.63, 3.8) is 0 Å². The van der Waals surface area contributed by atoms with Gasteiger partial charge in [0.2, 0.25) is 5.79 Å². The second kappa shape index (κ2) is 4.31. The highest BCUT2D eigenvalue weighted by molar-refractivity contribution is 5.54. The molecule has 1 fully saturated rings. The predicted octanol–water partition coefficient (Wildman–Crippen LogP) is 2.40. The van der Waals surface area contributed by atoms with Crippen LogP contribution in [-0.4, -0.2) is 24.4 Å². The normalized spacial score (nSPS) is 22.1. The van der Waals surface area contributed by atoms with Gasteiger partial charge in [-0.3, -0.25) is 0 Å². The third-order valence-electron chi connectivity index (χ3n) is 3.71. The zero-order valence-corrected chi connectivity index (χ0v) is 10.8. The summed E-state index contributed by atoms with van der Waals surface area (Å²) in [6.45, 7) is 0.298. The topological polar surface area (TPSA) is 47.9 Å². The lowest BCUT2D eigenvalue weighted by atomic mass is 9.93. The molecule has 0 amide bonds.